The van der Waals surface area contributed by atoms with Gasteiger partial charge in [0, 0.05) is 6.42 Å². The third-order valence-corrected chi connectivity index (χ3v) is 3.00. The topological polar surface area (TPSA) is 74.7 Å². The summed E-state index contributed by atoms with van der Waals surface area (Å²) in [6, 6.07) is 6.01. The summed E-state index contributed by atoms with van der Waals surface area (Å²) in [4.78, 5) is 36.1. The molecule has 0 saturated carbocycles. The Morgan fingerprint density at radius 1 is 1.28 bits per heavy atom. The summed E-state index contributed by atoms with van der Waals surface area (Å²) < 4.78 is 0. The molecule has 0 spiro atoms. The number of carboxylic acid groups (broad SMARTS) is 1. The number of carboxylic acids is 1. The third kappa shape index (κ3) is 1.77. The van der Waals surface area contributed by atoms with Crippen LogP contribution in [-0.2, 0) is 9.59 Å². The summed E-state index contributed by atoms with van der Waals surface area (Å²) in [6.45, 7) is 3.35. The van der Waals surface area contributed by atoms with Crippen molar-refractivity contribution in [3.05, 3.63) is 29.8 Å². The number of imide groups is 1. The molecule has 2 rings (SSSR count). The second kappa shape index (κ2) is 3.94. The lowest BCUT2D eigenvalue weighted by atomic mass is 9.92. The summed E-state index contributed by atoms with van der Waals surface area (Å²) in [5.41, 5.74) is -0.676. The highest BCUT2D eigenvalue weighted by molar-refractivity contribution is 6.23. The van der Waals surface area contributed by atoms with Crippen molar-refractivity contribution in [2.45, 2.75) is 20.3 Å². The first-order chi connectivity index (χ1) is 8.34. The van der Waals surface area contributed by atoms with Gasteiger partial charge in [0.2, 0.25) is 11.8 Å². The molecule has 0 bridgehead atoms. The van der Waals surface area contributed by atoms with Crippen LogP contribution in [0, 0.1) is 5.41 Å². The normalized spacial score (nSPS) is 18.2. The van der Waals surface area contributed by atoms with Crippen molar-refractivity contribution in [2.75, 3.05) is 4.90 Å². The smallest absolute Gasteiger partial charge is 0.337 e. The van der Waals surface area contributed by atoms with Gasteiger partial charge < -0.3 is 5.11 Å². The van der Waals surface area contributed by atoms with E-state index in [9.17, 15) is 14.4 Å². The number of aromatic carboxylic acids is 1. The summed E-state index contributed by atoms with van der Waals surface area (Å²) in [6.07, 6.45) is 0.0970. The number of anilines is 1. The molecule has 0 aromatic heterocycles. The molecule has 1 heterocycles. The fraction of sp³-hybridized carbons (Fsp3) is 0.308. The summed E-state index contributed by atoms with van der Waals surface area (Å²) in [5.74, 6) is -1.88. The number of nitrogens with zero attached hydrogens (tertiary/aromatic N) is 1. The minimum Gasteiger partial charge on any atom is -0.478 e. The number of carbonyl (C=O) groups excluding carboxylic acids is 2. The molecule has 1 saturated heterocycles. The lowest BCUT2D eigenvalue weighted by Gasteiger charge is -2.19. The number of rotatable bonds is 2. The molecule has 94 valence electrons. The standard InChI is InChI=1S/C13H13NO4/c1-13(2)7-10(15)14(12(13)18)9-6-4-3-5-8(9)11(16)17/h3-6H,7H2,1-2H3,(H,16,17). The zero-order valence-electron chi connectivity index (χ0n) is 10.1. The molecule has 1 aliphatic heterocycles. The zero-order chi connectivity index (χ0) is 13.5. The van der Waals surface area contributed by atoms with Crippen molar-refractivity contribution in [3.63, 3.8) is 0 Å². The Hall–Kier alpha value is -2.17. The molecule has 1 aromatic carbocycles. The van der Waals surface area contributed by atoms with E-state index in [-0.39, 0.29) is 29.5 Å². The van der Waals surface area contributed by atoms with E-state index in [1.54, 1.807) is 26.0 Å². The van der Waals surface area contributed by atoms with Crippen molar-refractivity contribution >= 4 is 23.5 Å². The van der Waals surface area contributed by atoms with E-state index in [1.807, 2.05) is 0 Å². The van der Waals surface area contributed by atoms with Crippen LogP contribution in [-0.4, -0.2) is 22.9 Å². The van der Waals surface area contributed by atoms with Crippen LogP contribution in [0.1, 0.15) is 30.6 Å². The number of carbonyl (C=O) groups is 3. The number of amides is 2. The second-order valence-electron chi connectivity index (χ2n) is 4.92. The third-order valence-electron chi connectivity index (χ3n) is 3.00. The fourth-order valence-electron chi connectivity index (χ4n) is 2.04. The Bertz CT molecular complexity index is 548. The maximum absolute atomic E-state index is 12.1. The average molecular weight is 247 g/mol. The maximum atomic E-state index is 12.1. The lowest BCUT2D eigenvalue weighted by molar-refractivity contribution is -0.124. The number of hydrogen-bond donors (Lipinski definition) is 1. The molecule has 0 unspecified atom stereocenters. The summed E-state index contributed by atoms with van der Waals surface area (Å²) in [7, 11) is 0. The van der Waals surface area contributed by atoms with E-state index in [2.05, 4.69) is 0 Å². The van der Waals surface area contributed by atoms with Gasteiger partial charge in [0.15, 0.2) is 0 Å². The molecule has 0 aliphatic carbocycles. The molecule has 5 heteroatoms. The highest BCUT2D eigenvalue weighted by Gasteiger charge is 2.46. The van der Waals surface area contributed by atoms with Gasteiger partial charge in [0.1, 0.15) is 0 Å². The first-order valence-electron chi connectivity index (χ1n) is 5.54. The molecule has 1 fully saturated rings. The van der Waals surface area contributed by atoms with Crippen LogP contribution in [0.4, 0.5) is 5.69 Å². The first-order valence-corrected chi connectivity index (χ1v) is 5.54. The van der Waals surface area contributed by atoms with E-state index in [0.717, 1.165) is 4.90 Å². The molecule has 18 heavy (non-hydrogen) atoms. The molecule has 1 N–H and O–H groups in total. The van der Waals surface area contributed by atoms with Gasteiger partial charge in [-0.05, 0) is 12.1 Å². The zero-order valence-corrected chi connectivity index (χ0v) is 10.1. The molecule has 2 amide bonds. The van der Waals surface area contributed by atoms with Crippen LogP contribution in [0.5, 0.6) is 0 Å². The minimum atomic E-state index is -1.16. The Labute approximate surface area is 104 Å². The van der Waals surface area contributed by atoms with Gasteiger partial charge in [-0.15, -0.1) is 0 Å². The monoisotopic (exact) mass is 247 g/mol. The van der Waals surface area contributed by atoms with Crippen LogP contribution in [0.3, 0.4) is 0 Å². The molecule has 1 aromatic rings. The quantitative estimate of drug-likeness (QED) is 0.807. The molecule has 5 nitrogen and oxygen atoms in total. The highest BCUT2D eigenvalue weighted by atomic mass is 16.4. The number of hydrogen-bond acceptors (Lipinski definition) is 3. The van der Waals surface area contributed by atoms with Crippen LogP contribution in [0.25, 0.3) is 0 Å². The molecular formula is C13H13NO4. The van der Waals surface area contributed by atoms with Gasteiger partial charge in [0.25, 0.3) is 0 Å². The van der Waals surface area contributed by atoms with Gasteiger partial charge in [-0.1, -0.05) is 26.0 Å². The van der Waals surface area contributed by atoms with E-state index in [4.69, 9.17) is 5.11 Å². The van der Waals surface area contributed by atoms with Crippen molar-refractivity contribution in [3.8, 4) is 0 Å². The Kier molecular flexibility index (Phi) is 2.69. The summed E-state index contributed by atoms with van der Waals surface area (Å²) in [5, 5.41) is 9.08. The van der Waals surface area contributed by atoms with Crippen LogP contribution in [0.15, 0.2) is 24.3 Å². The van der Waals surface area contributed by atoms with Gasteiger partial charge >= 0.3 is 5.97 Å². The number of benzene rings is 1. The fourth-order valence-corrected chi connectivity index (χ4v) is 2.04. The summed E-state index contributed by atoms with van der Waals surface area (Å²) >= 11 is 0. The van der Waals surface area contributed by atoms with E-state index in [0.29, 0.717) is 0 Å². The van der Waals surface area contributed by atoms with Crippen LogP contribution in [0.2, 0.25) is 0 Å². The predicted molar refractivity (Wildman–Crippen MR) is 64.3 cm³/mol. The van der Waals surface area contributed by atoms with Crippen LogP contribution >= 0.6 is 0 Å². The van der Waals surface area contributed by atoms with Gasteiger partial charge in [-0.3, -0.25) is 9.59 Å². The van der Waals surface area contributed by atoms with E-state index in [1.165, 1.54) is 12.1 Å². The van der Waals surface area contributed by atoms with Crippen LogP contribution < -0.4 is 4.90 Å². The predicted octanol–water partition coefficient (Wildman–Crippen LogP) is 1.67. The first kappa shape index (κ1) is 12.3. The van der Waals surface area contributed by atoms with E-state index < -0.39 is 11.4 Å². The van der Waals surface area contributed by atoms with Gasteiger partial charge in [0.05, 0.1) is 16.7 Å². The van der Waals surface area contributed by atoms with Gasteiger partial charge in [-0.25, -0.2) is 9.69 Å². The van der Waals surface area contributed by atoms with Crippen molar-refractivity contribution in [1.29, 1.82) is 0 Å². The average Bonchev–Trinajstić information content (AvgIpc) is 2.48. The largest absolute Gasteiger partial charge is 0.478 e. The lowest BCUT2D eigenvalue weighted by Crippen LogP contribution is -2.34. The van der Waals surface area contributed by atoms with Crippen molar-refractivity contribution in [1.82, 2.24) is 0 Å². The maximum Gasteiger partial charge on any atom is 0.337 e. The number of para-hydroxylation sites is 1. The molecule has 0 atom stereocenters. The molecular weight excluding hydrogens is 234 g/mol. The Morgan fingerprint density at radius 3 is 2.39 bits per heavy atom. The van der Waals surface area contributed by atoms with Gasteiger partial charge in [-0.2, -0.15) is 0 Å². The minimum absolute atomic E-state index is 0.0445. The highest BCUT2D eigenvalue weighted by Crippen LogP contribution is 2.36. The molecule has 0 radical (unpaired) electrons. The van der Waals surface area contributed by atoms with Crippen molar-refractivity contribution in [2.24, 2.45) is 5.41 Å². The Balaban J connectivity index is 2.54. The molecule has 1 aliphatic rings. The van der Waals surface area contributed by atoms with Crippen molar-refractivity contribution < 1.29 is 19.5 Å². The SMILES string of the molecule is CC1(C)CC(=O)N(c2ccccc2C(=O)O)C1=O. The Morgan fingerprint density at radius 2 is 1.89 bits per heavy atom. The van der Waals surface area contributed by atoms with E-state index >= 15 is 0 Å². The second-order valence-corrected chi connectivity index (χ2v) is 4.92.